The fourth-order valence-corrected chi connectivity index (χ4v) is 2.73. The number of nitrogens with one attached hydrogen (secondary N) is 1. The van der Waals surface area contributed by atoms with E-state index in [1.165, 1.54) is 11.6 Å². The van der Waals surface area contributed by atoms with Crippen molar-refractivity contribution in [2.24, 2.45) is 0 Å². The molecule has 0 radical (unpaired) electrons. The Morgan fingerprint density at radius 2 is 1.85 bits per heavy atom. The molecule has 27 heavy (non-hydrogen) atoms. The van der Waals surface area contributed by atoms with Crippen molar-refractivity contribution in [3.05, 3.63) is 58.6 Å². The molecule has 2 rings (SSSR count). The number of carbonyl (C=O) groups excluding carboxylic acids is 1. The van der Waals surface area contributed by atoms with E-state index in [4.69, 9.17) is 16.3 Å². The molecule has 0 aliphatic rings. The normalized spacial score (nSPS) is 11.3. The second-order valence-corrected chi connectivity index (χ2v) is 6.49. The number of hydrogen-bond acceptors (Lipinski definition) is 2. The zero-order valence-electron chi connectivity index (χ0n) is 14.9. The van der Waals surface area contributed by atoms with Gasteiger partial charge in [0.05, 0.1) is 17.2 Å². The lowest BCUT2D eigenvalue weighted by Crippen LogP contribution is -2.14. The number of rotatable bonds is 8. The van der Waals surface area contributed by atoms with E-state index in [1.807, 2.05) is 24.3 Å². The van der Waals surface area contributed by atoms with Crippen molar-refractivity contribution < 1.29 is 22.7 Å². The lowest BCUT2D eigenvalue weighted by molar-refractivity contribution is -0.137. The predicted molar refractivity (Wildman–Crippen MR) is 100 cm³/mol. The van der Waals surface area contributed by atoms with Gasteiger partial charge in [-0.2, -0.15) is 13.2 Å². The van der Waals surface area contributed by atoms with Crippen molar-refractivity contribution in [2.45, 2.75) is 38.8 Å². The van der Waals surface area contributed by atoms with Crippen molar-refractivity contribution >= 4 is 23.2 Å². The molecule has 0 saturated heterocycles. The Labute approximate surface area is 161 Å². The quantitative estimate of drug-likeness (QED) is 0.544. The molecule has 2 aromatic rings. The highest BCUT2D eigenvalue weighted by Crippen LogP contribution is 2.36. The van der Waals surface area contributed by atoms with Crippen LogP contribution in [0.1, 0.15) is 37.3 Å². The summed E-state index contributed by atoms with van der Waals surface area (Å²) in [5.41, 5.74) is 0.325. The third-order valence-corrected chi connectivity index (χ3v) is 4.16. The fourth-order valence-electron chi connectivity index (χ4n) is 2.51. The zero-order valence-corrected chi connectivity index (χ0v) is 15.7. The topological polar surface area (TPSA) is 38.3 Å². The predicted octanol–water partition coefficient (Wildman–Crippen LogP) is 6.11. The standard InChI is InChI=1S/C20H21ClF3NO2/c1-2-4-14-6-9-16(10-7-14)27-12-3-5-19(26)25-15-8-11-18(21)17(13-15)20(22,23)24/h6-11,13H,2-5,12H2,1H3,(H,25,26). The SMILES string of the molecule is CCCc1ccc(OCCCC(=O)Nc2ccc(Cl)c(C(F)(F)F)c2)cc1. The summed E-state index contributed by atoms with van der Waals surface area (Å²) in [5.74, 6) is 0.343. The molecule has 0 saturated carbocycles. The van der Waals surface area contributed by atoms with E-state index in [2.05, 4.69) is 12.2 Å². The second-order valence-electron chi connectivity index (χ2n) is 6.09. The Morgan fingerprint density at radius 3 is 2.48 bits per heavy atom. The lowest BCUT2D eigenvalue weighted by Gasteiger charge is -2.12. The van der Waals surface area contributed by atoms with Crippen LogP contribution in [0.4, 0.5) is 18.9 Å². The third kappa shape index (κ3) is 6.79. The van der Waals surface area contributed by atoms with E-state index in [0.29, 0.717) is 13.0 Å². The Morgan fingerprint density at radius 1 is 1.15 bits per heavy atom. The molecular formula is C20H21ClF3NO2. The summed E-state index contributed by atoms with van der Waals surface area (Å²) in [5, 5.41) is 2.04. The minimum Gasteiger partial charge on any atom is -0.494 e. The molecular weight excluding hydrogens is 379 g/mol. The molecule has 0 aliphatic carbocycles. The molecule has 7 heteroatoms. The first-order chi connectivity index (χ1) is 12.8. The second kappa shape index (κ2) is 9.65. The number of alkyl halides is 3. The number of ether oxygens (including phenoxy) is 1. The van der Waals surface area contributed by atoms with Gasteiger partial charge in [0, 0.05) is 12.1 Å². The number of carbonyl (C=O) groups is 1. The first kappa shape index (κ1) is 21.1. The highest BCUT2D eigenvalue weighted by molar-refractivity contribution is 6.31. The van der Waals surface area contributed by atoms with Gasteiger partial charge in [-0.05, 0) is 48.7 Å². The van der Waals surface area contributed by atoms with Crippen LogP contribution in [-0.4, -0.2) is 12.5 Å². The van der Waals surface area contributed by atoms with Gasteiger partial charge in [0.25, 0.3) is 0 Å². The molecule has 0 atom stereocenters. The molecule has 0 unspecified atom stereocenters. The smallest absolute Gasteiger partial charge is 0.417 e. The monoisotopic (exact) mass is 399 g/mol. The van der Waals surface area contributed by atoms with Gasteiger partial charge < -0.3 is 10.1 Å². The van der Waals surface area contributed by atoms with Crippen LogP contribution in [0.25, 0.3) is 0 Å². The summed E-state index contributed by atoms with van der Waals surface area (Å²) >= 11 is 5.56. The van der Waals surface area contributed by atoms with Crippen LogP contribution in [0.3, 0.4) is 0 Å². The Kier molecular flexibility index (Phi) is 7.54. The largest absolute Gasteiger partial charge is 0.494 e. The minimum atomic E-state index is -4.57. The van der Waals surface area contributed by atoms with E-state index in [1.54, 1.807) is 0 Å². The number of aryl methyl sites for hydroxylation is 1. The molecule has 0 aliphatic heterocycles. The van der Waals surface area contributed by atoms with Gasteiger partial charge in [0.2, 0.25) is 5.91 Å². The highest BCUT2D eigenvalue weighted by atomic mass is 35.5. The van der Waals surface area contributed by atoms with Gasteiger partial charge >= 0.3 is 6.18 Å². The summed E-state index contributed by atoms with van der Waals surface area (Å²) in [4.78, 5) is 11.9. The average Bonchev–Trinajstić information content (AvgIpc) is 2.61. The van der Waals surface area contributed by atoms with Crippen LogP contribution < -0.4 is 10.1 Å². The Bertz CT molecular complexity index is 761. The number of amides is 1. The molecule has 146 valence electrons. The maximum absolute atomic E-state index is 12.8. The molecule has 0 bridgehead atoms. The third-order valence-electron chi connectivity index (χ3n) is 3.83. The fraction of sp³-hybridized carbons (Fsp3) is 0.350. The molecule has 0 spiro atoms. The number of anilines is 1. The van der Waals surface area contributed by atoms with Crippen molar-refractivity contribution in [2.75, 3.05) is 11.9 Å². The van der Waals surface area contributed by atoms with Crippen molar-refractivity contribution in [3.63, 3.8) is 0 Å². The van der Waals surface area contributed by atoms with E-state index >= 15 is 0 Å². The first-order valence-corrected chi connectivity index (χ1v) is 9.05. The van der Waals surface area contributed by atoms with Crippen molar-refractivity contribution in [1.29, 1.82) is 0 Å². The zero-order chi connectivity index (χ0) is 19.9. The van der Waals surface area contributed by atoms with Gasteiger partial charge in [0.15, 0.2) is 0 Å². The van der Waals surface area contributed by atoms with Gasteiger partial charge in [-0.3, -0.25) is 4.79 Å². The maximum Gasteiger partial charge on any atom is 0.417 e. The summed E-state index contributed by atoms with van der Waals surface area (Å²) in [7, 11) is 0. The lowest BCUT2D eigenvalue weighted by atomic mass is 10.1. The number of halogens is 4. The molecule has 0 fully saturated rings. The summed E-state index contributed by atoms with van der Waals surface area (Å²) < 4.78 is 44.1. The first-order valence-electron chi connectivity index (χ1n) is 8.68. The molecule has 1 amide bonds. The van der Waals surface area contributed by atoms with Crippen LogP contribution in [0.5, 0.6) is 5.75 Å². The number of benzene rings is 2. The summed E-state index contributed by atoms with van der Waals surface area (Å²) in [6.45, 7) is 2.46. The average molecular weight is 400 g/mol. The van der Waals surface area contributed by atoms with E-state index < -0.39 is 16.8 Å². The van der Waals surface area contributed by atoms with Gasteiger partial charge in [0.1, 0.15) is 5.75 Å². The molecule has 3 nitrogen and oxygen atoms in total. The van der Waals surface area contributed by atoms with E-state index in [9.17, 15) is 18.0 Å². The summed E-state index contributed by atoms with van der Waals surface area (Å²) in [6, 6.07) is 11.1. The van der Waals surface area contributed by atoms with Gasteiger partial charge in [-0.25, -0.2) is 0 Å². The summed E-state index contributed by atoms with van der Waals surface area (Å²) in [6.07, 6.45) is -1.90. The van der Waals surface area contributed by atoms with E-state index in [0.717, 1.165) is 30.7 Å². The van der Waals surface area contributed by atoms with Gasteiger partial charge in [-0.15, -0.1) is 0 Å². The molecule has 2 aromatic carbocycles. The van der Waals surface area contributed by atoms with Crippen LogP contribution in [-0.2, 0) is 17.4 Å². The minimum absolute atomic E-state index is 0.0594. The maximum atomic E-state index is 12.8. The van der Waals surface area contributed by atoms with Crippen LogP contribution in [0, 0.1) is 0 Å². The van der Waals surface area contributed by atoms with Crippen LogP contribution in [0.2, 0.25) is 5.02 Å². The van der Waals surface area contributed by atoms with Crippen molar-refractivity contribution in [1.82, 2.24) is 0 Å². The van der Waals surface area contributed by atoms with E-state index in [-0.39, 0.29) is 18.0 Å². The molecule has 1 N–H and O–H groups in total. The Balaban J connectivity index is 1.78. The molecule has 0 aromatic heterocycles. The Hall–Kier alpha value is -2.21. The van der Waals surface area contributed by atoms with Crippen LogP contribution >= 0.6 is 11.6 Å². The van der Waals surface area contributed by atoms with Gasteiger partial charge in [-0.1, -0.05) is 37.1 Å². The van der Waals surface area contributed by atoms with Crippen LogP contribution in [0.15, 0.2) is 42.5 Å². The molecule has 0 heterocycles. The highest BCUT2D eigenvalue weighted by Gasteiger charge is 2.33. The number of hydrogen-bond donors (Lipinski definition) is 1. The van der Waals surface area contributed by atoms with Crippen molar-refractivity contribution in [3.8, 4) is 5.75 Å².